The maximum atomic E-state index is 13.6. The van der Waals surface area contributed by atoms with Crippen LogP contribution in [0.25, 0.3) is 10.9 Å². The average Bonchev–Trinajstić information content (AvgIpc) is 2.53. The maximum Gasteiger partial charge on any atom is 0.224 e. The largest absolute Gasteiger partial charge is 0.281 e. The third-order valence-corrected chi connectivity index (χ3v) is 5.36. The molecule has 0 N–H and O–H groups in total. The predicted molar refractivity (Wildman–Crippen MR) is 86.4 cm³/mol. The Morgan fingerprint density at radius 3 is 2.68 bits per heavy atom. The average molecular weight is 320 g/mol. The van der Waals surface area contributed by atoms with Crippen LogP contribution in [0.5, 0.6) is 0 Å². The van der Waals surface area contributed by atoms with E-state index in [9.17, 15) is 9.18 Å². The quantitative estimate of drug-likeness (QED) is 0.741. The number of pyridine rings is 1. The van der Waals surface area contributed by atoms with Gasteiger partial charge in [0.15, 0.2) is 0 Å². The number of hydrogen-bond acceptors (Lipinski definition) is 2. The molecule has 2 aromatic rings. The summed E-state index contributed by atoms with van der Waals surface area (Å²) in [6.07, 6.45) is 5.79. The fourth-order valence-corrected chi connectivity index (χ4v) is 3.79. The van der Waals surface area contributed by atoms with Gasteiger partial charge in [0.2, 0.25) is 5.24 Å². The van der Waals surface area contributed by atoms with Crippen molar-refractivity contribution in [1.82, 2.24) is 4.98 Å². The third-order valence-electron chi connectivity index (χ3n) is 5.01. The van der Waals surface area contributed by atoms with Crippen LogP contribution in [0.2, 0.25) is 0 Å². The Kier molecular flexibility index (Phi) is 4.44. The Bertz CT molecular complexity index is 695. The number of halogens is 2. The highest BCUT2D eigenvalue weighted by molar-refractivity contribution is 6.63. The Hall–Kier alpha value is -1.48. The summed E-state index contributed by atoms with van der Waals surface area (Å²) in [4.78, 5) is 15.6. The molecule has 1 saturated carbocycles. The second kappa shape index (κ2) is 6.33. The zero-order valence-corrected chi connectivity index (χ0v) is 13.3. The molecule has 2 nitrogen and oxygen atoms in total. The fourth-order valence-electron chi connectivity index (χ4n) is 3.61. The van der Waals surface area contributed by atoms with Crippen LogP contribution in [0.4, 0.5) is 4.39 Å². The van der Waals surface area contributed by atoms with Crippen LogP contribution in [-0.2, 0) is 4.79 Å². The number of carbonyl (C=O) groups is 1. The number of rotatable bonds is 3. The topological polar surface area (TPSA) is 30.0 Å². The Morgan fingerprint density at radius 2 is 2.00 bits per heavy atom. The number of nitrogens with zero attached hydrogens (tertiary/aromatic N) is 1. The van der Waals surface area contributed by atoms with Gasteiger partial charge >= 0.3 is 0 Å². The smallest absolute Gasteiger partial charge is 0.224 e. The molecule has 1 aromatic heterocycles. The van der Waals surface area contributed by atoms with Crippen LogP contribution in [0.15, 0.2) is 30.5 Å². The number of fused-ring (bicyclic) bond motifs is 1. The van der Waals surface area contributed by atoms with Crippen LogP contribution in [0, 0.1) is 17.7 Å². The lowest BCUT2D eigenvalue weighted by molar-refractivity contribution is -0.116. The molecular weight excluding hydrogens is 301 g/mol. The standard InChI is InChI=1S/C18H19ClFNO/c1-11(18(19)22)12-2-4-13(5-3-12)15-8-9-21-17-7-6-14(20)10-16(15)17/h6-13H,2-5H2,1H3. The van der Waals surface area contributed by atoms with E-state index in [4.69, 9.17) is 11.6 Å². The molecule has 1 aliphatic rings. The first-order chi connectivity index (χ1) is 10.6. The number of benzene rings is 1. The summed E-state index contributed by atoms with van der Waals surface area (Å²) in [5, 5.41) is 0.673. The molecule has 3 rings (SSSR count). The van der Waals surface area contributed by atoms with Crippen molar-refractivity contribution in [3.8, 4) is 0 Å². The van der Waals surface area contributed by atoms with Gasteiger partial charge in [-0.05, 0) is 78.9 Å². The Balaban J connectivity index is 1.82. The number of hydrogen-bond donors (Lipinski definition) is 0. The molecule has 1 aromatic carbocycles. The van der Waals surface area contributed by atoms with Gasteiger partial charge in [-0.2, -0.15) is 0 Å². The second-order valence-electron chi connectivity index (χ2n) is 6.27. The minimum absolute atomic E-state index is 0.0748. The highest BCUT2D eigenvalue weighted by Gasteiger charge is 2.29. The zero-order chi connectivity index (χ0) is 15.7. The van der Waals surface area contributed by atoms with E-state index in [0.29, 0.717) is 11.8 Å². The summed E-state index contributed by atoms with van der Waals surface area (Å²) in [6.45, 7) is 1.91. The summed E-state index contributed by atoms with van der Waals surface area (Å²) in [7, 11) is 0. The van der Waals surface area contributed by atoms with E-state index in [0.717, 1.165) is 36.6 Å². The van der Waals surface area contributed by atoms with E-state index in [1.807, 2.05) is 13.0 Å². The van der Waals surface area contributed by atoms with Gasteiger partial charge in [0.1, 0.15) is 5.82 Å². The SMILES string of the molecule is CC(C(=O)Cl)C1CCC(c2ccnc3ccc(F)cc23)CC1. The van der Waals surface area contributed by atoms with E-state index in [-0.39, 0.29) is 17.0 Å². The third kappa shape index (κ3) is 3.00. The van der Waals surface area contributed by atoms with E-state index >= 15 is 0 Å². The van der Waals surface area contributed by atoms with Crippen molar-refractivity contribution < 1.29 is 9.18 Å². The molecule has 22 heavy (non-hydrogen) atoms. The molecule has 1 heterocycles. The molecule has 0 spiro atoms. The van der Waals surface area contributed by atoms with Gasteiger partial charge in [0.25, 0.3) is 0 Å². The first-order valence-electron chi connectivity index (χ1n) is 7.79. The molecular formula is C18H19ClFNO. The summed E-state index contributed by atoms with van der Waals surface area (Å²) < 4.78 is 13.6. The zero-order valence-electron chi connectivity index (χ0n) is 12.6. The van der Waals surface area contributed by atoms with Crippen molar-refractivity contribution in [2.75, 3.05) is 0 Å². The van der Waals surface area contributed by atoms with Gasteiger partial charge in [-0.15, -0.1) is 0 Å². The van der Waals surface area contributed by atoms with Gasteiger partial charge in [-0.1, -0.05) is 6.92 Å². The lowest BCUT2D eigenvalue weighted by atomic mass is 9.74. The van der Waals surface area contributed by atoms with Crippen LogP contribution in [0.3, 0.4) is 0 Å². The first kappa shape index (κ1) is 15.4. The van der Waals surface area contributed by atoms with Crippen LogP contribution in [0.1, 0.15) is 44.1 Å². The summed E-state index contributed by atoms with van der Waals surface area (Å²) in [6, 6.07) is 6.76. The Morgan fingerprint density at radius 1 is 1.27 bits per heavy atom. The minimum atomic E-state index is -0.236. The van der Waals surface area contributed by atoms with Gasteiger partial charge in [0, 0.05) is 17.5 Å². The normalized spacial score (nSPS) is 23.4. The van der Waals surface area contributed by atoms with Gasteiger partial charge < -0.3 is 0 Å². The highest BCUT2D eigenvalue weighted by atomic mass is 35.5. The van der Waals surface area contributed by atoms with E-state index in [1.54, 1.807) is 18.3 Å². The number of carbonyl (C=O) groups excluding carboxylic acids is 1. The lowest BCUT2D eigenvalue weighted by Gasteiger charge is -2.31. The predicted octanol–water partition coefficient (Wildman–Crippen LogP) is 5.05. The molecule has 1 unspecified atom stereocenters. The Labute approximate surface area is 134 Å². The summed E-state index contributed by atoms with van der Waals surface area (Å²) >= 11 is 5.62. The molecule has 4 heteroatoms. The fraction of sp³-hybridized carbons (Fsp3) is 0.444. The summed E-state index contributed by atoms with van der Waals surface area (Å²) in [5.41, 5.74) is 2.01. The first-order valence-corrected chi connectivity index (χ1v) is 8.17. The van der Waals surface area contributed by atoms with Crippen molar-refractivity contribution in [1.29, 1.82) is 0 Å². The van der Waals surface area contributed by atoms with Crippen molar-refractivity contribution >= 4 is 27.7 Å². The molecule has 1 atom stereocenters. The maximum absolute atomic E-state index is 13.6. The molecule has 0 aliphatic heterocycles. The van der Waals surface area contributed by atoms with Gasteiger partial charge in [-0.3, -0.25) is 9.78 Å². The van der Waals surface area contributed by atoms with Crippen LogP contribution < -0.4 is 0 Å². The van der Waals surface area contributed by atoms with E-state index in [1.165, 1.54) is 11.6 Å². The van der Waals surface area contributed by atoms with Gasteiger partial charge in [-0.25, -0.2) is 4.39 Å². The summed E-state index contributed by atoms with van der Waals surface area (Å²) in [5.74, 6) is 0.471. The molecule has 116 valence electrons. The van der Waals surface area contributed by atoms with Crippen molar-refractivity contribution in [3.05, 3.63) is 41.8 Å². The lowest BCUT2D eigenvalue weighted by Crippen LogP contribution is -2.22. The monoisotopic (exact) mass is 319 g/mol. The molecule has 0 bridgehead atoms. The van der Waals surface area contributed by atoms with Gasteiger partial charge in [0.05, 0.1) is 5.52 Å². The second-order valence-corrected chi connectivity index (χ2v) is 6.64. The van der Waals surface area contributed by atoms with E-state index < -0.39 is 0 Å². The van der Waals surface area contributed by atoms with Crippen LogP contribution >= 0.6 is 11.6 Å². The van der Waals surface area contributed by atoms with Crippen LogP contribution in [-0.4, -0.2) is 10.2 Å². The highest BCUT2D eigenvalue weighted by Crippen LogP contribution is 2.41. The van der Waals surface area contributed by atoms with Crippen molar-refractivity contribution in [2.45, 2.75) is 38.5 Å². The molecule has 0 amide bonds. The molecule has 1 fully saturated rings. The molecule has 0 radical (unpaired) electrons. The van der Waals surface area contributed by atoms with Crippen molar-refractivity contribution in [2.24, 2.45) is 11.8 Å². The van der Waals surface area contributed by atoms with Crippen molar-refractivity contribution in [3.63, 3.8) is 0 Å². The molecule has 0 saturated heterocycles. The van der Waals surface area contributed by atoms with E-state index in [2.05, 4.69) is 4.98 Å². The molecule has 1 aliphatic carbocycles. The number of aromatic nitrogens is 1. The minimum Gasteiger partial charge on any atom is -0.281 e.